The summed E-state index contributed by atoms with van der Waals surface area (Å²) in [4.78, 5) is 7.93. The lowest BCUT2D eigenvalue weighted by molar-refractivity contribution is 0.635. The molecule has 5 nitrogen and oxygen atoms in total. The molecule has 2 aromatic heterocycles. The van der Waals surface area contributed by atoms with Gasteiger partial charge in [-0.2, -0.15) is 5.10 Å². The maximum atomic E-state index is 6.29. The standard InChI is InChI=1S/C12H16ClN5/c1-3-10-12(13)11(18(2)17-10)4-9(14)8-5-15-7-16-6-8/h5-7,9H,3-4,14H2,1-2H3. The minimum atomic E-state index is -0.177. The Morgan fingerprint density at radius 3 is 2.61 bits per heavy atom. The molecule has 0 saturated carbocycles. The molecule has 6 heteroatoms. The average molecular weight is 266 g/mol. The van der Waals surface area contributed by atoms with Crippen LogP contribution in [0.2, 0.25) is 5.02 Å². The predicted molar refractivity (Wildman–Crippen MR) is 70.3 cm³/mol. The maximum Gasteiger partial charge on any atom is 0.115 e. The Labute approximate surface area is 111 Å². The second kappa shape index (κ2) is 5.46. The van der Waals surface area contributed by atoms with Gasteiger partial charge in [0.25, 0.3) is 0 Å². The minimum absolute atomic E-state index is 0.177. The number of hydrogen-bond acceptors (Lipinski definition) is 4. The molecule has 18 heavy (non-hydrogen) atoms. The van der Waals surface area contributed by atoms with Crippen LogP contribution in [0.3, 0.4) is 0 Å². The van der Waals surface area contributed by atoms with Gasteiger partial charge in [-0.1, -0.05) is 18.5 Å². The summed E-state index contributed by atoms with van der Waals surface area (Å²) < 4.78 is 1.80. The zero-order chi connectivity index (χ0) is 13.1. The highest BCUT2D eigenvalue weighted by Gasteiger charge is 2.17. The first-order valence-electron chi connectivity index (χ1n) is 5.84. The summed E-state index contributed by atoms with van der Waals surface area (Å²) in [5, 5.41) is 5.09. The normalized spacial score (nSPS) is 12.7. The molecular formula is C12H16ClN5. The highest BCUT2D eigenvalue weighted by molar-refractivity contribution is 6.31. The van der Waals surface area contributed by atoms with Gasteiger partial charge in [0.05, 0.1) is 16.4 Å². The first-order valence-corrected chi connectivity index (χ1v) is 6.22. The van der Waals surface area contributed by atoms with Gasteiger partial charge in [0.1, 0.15) is 6.33 Å². The number of nitrogens with zero attached hydrogens (tertiary/aromatic N) is 4. The van der Waals surface area contributed by atoms with E-state index in [9.17, 15) is 0 Å². The molecule has 0 aliphatic heterocycles. The van der Waals surface area contributed by atoms with Crippen LogP contribution in [0.25, 0.3) is 0 Å². The van der Waals surface area contributed by atoms with E-state index in [4.69, 9.17) is 17.3 Å². The summed E-state index contributed by atoms with van der Waals surface area (Å²) in [6.45, 7) is 2.03. The van der Waals surface area contributed by atoms with Crippen LogP contribution in [0.15, 0.2) is 18.7 Å². The predicted octanol–water partition coefficient (Wildman–Crippen LogP) is 1.67. The molecule has 0 aromatic carbocycles. The molecule has 1 atom stereocenters. The van der Waals surface area contributed by atoms with E-state index in [-0.39, 0.29) is 6.04 Å². The number of nitrogens with two attached hydrogens (primary N) is 1. The van der Waals surface area contributed by atoms with E-state index in [1.807, 2.05) is 14.0 Å². The van der Waals surface area contributed by atoms with Crippen molar-refractivity contribution in [1.82, 2.24) is 19.7 Å². The van der Waals surface area contributed by atoms with Gasteiger partial charge >= 0.3 is 0 Å². The van der Waals surface area contributed by atoms with E-state index in [1.54, 1.807) is 17.1 Å². The van der Waals surface area contributed by atoms with Gasteiger partial charge in [-0.05, 0) is 6.42 Å². The molecule has 2 heterocycles. The van der Waals surface area contributed by atoms with Gasteiger partial charge in [-0.15, -0.1) is 0 Å². The third kappa shape index (κ3) is 2.52. The lowest BCUT2D eigenvalue weighted by atomic mass is 10.1. The van der Waals surface area contributed by atoms with E-state index in [0.29, 0.717) is 11.4 Å². The number of rotatable bonds is 4. The molecule has 0 aliphatic carbocycles. The molecular weight excluding hydrogens is 250 g/mol. The van der Waals surface area contributed by atoms with Crippen LogP contribution >= 0.6 is 11.6 Å². The third-order valence-corrected chi connectivity index (χ3v) is 3.36. The molecule has 2 N–H and O–H groups in total. The van der Waals surface area contributed by atoms with E-state index in [1.165, 1.54) is 6.33 Å². The van der Waals surface area contributed by atoms with Crippen molar-refractivity contribution >= 4 is 11.6 Å². The summed E-state index contributed by atoms with van der Waals surface area (Å²) in [5.41, 5.74) is 8.89. The summed E-state index contributed by atoms with van der Waals surface area (Å²) in [7, 11) is 1.88. The van der Waals surface area contributed by atoms with Gasteiger partial charge in [0.2, 0.25) is 0 Å². The van der Waals surface area contributed by atoms with Crippen LogP contribution in [0.1, 0.15) is 29.9 Å². The van der Waals surface area contributed by atoms with Crippen molar-refractivity contribution in [3.63, 3.8) is 0 Å². The molecule has 0 bridgehead atoms. The van der Waals surface area contributed by atoms with Crippen LogP contribution in [0.5, 0.6) is 0 Å². The van der Waals surface area contributed by atoms with Gasteiger partial charge in [0, 0.05) is 37.5 Å². The Morgan fingerprint density at radius 1 is 1.39 bits per heavy atom. The lowest BCUT2D eigenvalue weighted by Crippen LogP contribution is -2.16. The van der Waals surface area contributed by atoms with Gasteiger partial charge in [-0.3, -0.25) is 4.68 Å². The van der Waals surface area contributed by atoms with Crippen molar-refractivity contribution in [2.24, 2.45) is 12.8 Å². The first-order chi connectivity index (χ1) is 8.63. The molecule has 0 amide bonds. The quantitative estimate of drug-likeness (QED) is 0.913. The molecule has 1 unspecified atom stereocenters. The molecule has 2 rings (SSSR count). The fraction of sp³-hybridized carbons (Fsp3) is 0.417. The van der Waals surface area contributed by atoms with Crippen LogP contribution in [-0.4, -0.2) is 19.7 Å². The lowest BCUT2D eigenvalue weighted by Gasteiger charge is -2.11. The molecule has 0 aliphatic rings. The van der Waals surface area contributed by atoms with Gasteiger partial charge in [0.15, 0.2) is 0 Å². The van der Waals surface area contributed by atoms with Crippen molar-refractivity contribution < 1.29 is 0 Å². The summed E-state index contributed by atoms with van der Waals surface area (Å²) >= 11 is 6.29. The Bertz CT molecular complexity index is 523. The Kier molecular flexibility index (Phi) is 3.93. The number of halogens is 1. The van der Waals surface area contributed by atoms with E-state index in [2.05, 4.69) is 15.1 Å². The van der Waals surface area contributed by atoms with Gasteiger partial charge in [-0.25, -0.2) is 9.97 Å². The number of aromatic nitrogens is 4. The molecule has 96 valence electrons. The van der Waals surface area contributed by atoms with Gasteiger partial charge < -0.3 is 5.73 Å². The van der Waals surface area contributed by atoms with Crippen molar-refractivity contribution in [1.29, 1.82) is 0 Å². The summed E-state index contributed by atoms with van der Waals surface area (Å²) in [6.07, 6.45) is 6.37. The summed E-state index contributed by atoms with van der Waals surface area (Å²) in [5.74, 6) is 0. The first kappa shape index (κ1) is 13.0. The molecule has 0 fully saturated rings. The van der Waals surface area contributed by atoms with Crippen molar-refractivity contribution in [3.05, 3.63) is 40.7 Å². The van der Waals surface area contributed by atoms with Crippen molar-refractivity contribution in [2.45, 2.75) is 25.8 Å². The second-order valence-electron chi connectivity index (χ2n) is 4.17. The highest BCUT2D eigenvalue weighted by atomic mass is 35.5. The third-order valence-electron chi connectivity index (χ3n) is 2.92. The number of aryl methyl sites for hydroxylation is 2. The molecule has 2 aromatic rings. The SMILES string of the molecule is CCc1nn(C)c(CC(N)c2cncnc2)c1Cl. The van der Waals surface area contributed by atoms with E-state index in [0.717, 1.165) is 23.4 Å². The van der Waals surface area contributed by atoms with E-state index < -0.39 is 0 Å². The maximum absolute atomic E-state index is 6.29. The second-order valence-corrected chi connectivity index (χ2v) is 4.54. The average Bonchev–Trinajstić information content (AvgIpc) is 2.67. The Balaban J connectivity index is 2.22. The molecule has 0 spiro atoms. The Morgan fingerprint density at radius 2 is 2.06 bits per heavy atom. The zero-order valence-corrected chi connectivity index (χ0v) is 11.2. The molecule has 0 radical (unpaired) electrons. The monoisotopic (exact) mass is 265 g/mol. The molecule has 0 saturated heterocycles. The minimum Gasteiger partial charge on any atom is -0.324 e. The summed E-state index contributed by atoms with van der Waals surface area (Å²) in [6, 6.07) is -0.177. The fourth-order valence-electron chi connectivity index (χ4n) is 1.87. The topological polar surface area (TPSA) is 69.6 Å². The van der Waals surface area contributed by atoms with Crippen molar-refractivity contribution in [3.8, 4) is 0 Å². The number of hydrogen-bond donors (Lipinski definition) is 1. The van der Waals surface area contributed by atoms with Crippen LogP contribution in [-0.2, 0) is 19.9 Å². The fourth-order valence-corrected chi connectivity index (χ4v) is 2.24. The zero-order valence-electron chi connectivity index (χ0n) is 10.5. The van der Waals surface area contributed by atoms with Crippen LogP contribution in [0, 0.1) is 0 Å². The van der Waals surface area contributed by atoms with E-state index >= 15 is 0 Å². The van der Waals surface area contributed by atoms with Crippen LogP contribution < -0.4 is 5.73 Å². The smallest absolute Gasteiger partial charge is 0.115 e. The largest absolute Gasteiger partial charge is 0.324 e. The van der Waals surface area contributed by atoms with Crippen LogP contribution in [0.4, 0.5) is 0 Å². The van der Waals surface area contributed by atoms with Crippen molar-refractivity contribution in [2.75, 3.05) is 0 Å². The Hall–Kier alpha value is -1.46. The highest BCUT2D eigenvalue weighted by Crippen LogP contribution is 2.24.